The number of aliphatic hydroxyl groups is 1. The lowest BCUT2D eigenvalue weighted by atomic mass is 10.1. The molecule has 1 unspecified atom stereocenters. The predicted molar refractivity (Wildman–Crippen MR) is 101 cm³/mol. The molecule has 1 aromatic carbocycles. The van der Waals surface area contributed by atoms with Crippen molar-refractivity contribution in [3.63, 3.8) is 0 Å². The summed E-state index contributed by atoms with van der Waals surface area (Å²) in [7, 11) is 2.08. The number of nitrogens with zero attached hydrogens (tertiary/aromatic N) is 3. The van der Waals surface area contributed by atoms with E-state index in [0.29, 0.717) is 13.1 Å². The highest BCUT2D eigenvalue weighted by Crippen LogP contribution is 2.29. The quantitative estimate of drug-likeness (QED) is 0.879. The van der Waals surface area contributed by atoms with Gasteiger partial charge in [-0.1, -0.05) is 6.07 Å². The van der Waals surface area contributed by atoms with Crippen molar-refractivity contribution in [3.8, 4) is 0 Å². The number of β-amino-alcohol motifs (C(OH)–C–C–N with tert-alkyl or cyclic N) is 1. The topological polar surface area (TPSA) is 59.1 Å². The van der Waals surface area contributed by atoms with Crippen LogP contribution in [-0.4, -0.2) is 72.4 Å². The van der Waals surface area contributed by atoms with Crippen LogP contribution in [0, 0.1) is 0 Å². The number of fused-ring (bicyclic) bond motifs is 1. The van der Waals surface area contributed by atoms with Gasteiger partial charge in [-0.15, -0.1) is 0 Å². The first kappa shape index (κ1) is 18.0. The summed E-state index contributed by atoms with van der Waals surface area (Å²) in [6.45, 7) is 9.61. The van der Waals surface area contributed by atoms with Crippen molar-refractivity contribution in [2.24, 2.45) is 0 Å². The van der Waals surface area contributed by atoms with Gasteiger partial charge in [0, 0.05) is 57.2 Å². The highest BCUT2D eigenvalue weighted by atomic mass is 16.3. The summed E-state index contributed by atoms with van der Waals surface area (Å²) < 4.78 is 0. The van der Waals surface area contributed by atoms with Crippen molar-refractivity contribution in [1.82, 2.24) is 9.80 Å². The Bertz CT molecular complexity index is 641. The minimum atomic E-state index is -0.708. The van der Waals surface area contributed by atoms with Crippen molar-refractivity contribution in [3.05, 3.63) is 23.8 Å². The van der Waals surface area contributed by atoms with E-state index in [1.165, 1.54) is 11.3 Å². The Morgan fingerprint density at radius 2 is 2.08 bits per heavy atom. The molecule has 0 saturated carbocycles. The minimum Gasteiger partial charge on any atom is -0.389 e. The van der Waals surface area contributed by atoms with Crippen LogP contribution in [-0.2, 0) is 6.42 Å². The van der Waals surface area contributed by atoms with Gasteiger partial charge in [0.1, 0.15) is 0 Å². The van der Waals surface area contributed by atoms with Gasteiger partial charge in [0.05, 0.1) is 5.60 Å². The van der Waals surface area contributed by atoms with Gasteiger partial charge in [0.25, 0.3) is 0 Å². The van der Waals surface area contributed by atoms with Gasteiger partial charge in [-0.05, 0) is 44.9 Å². The number of anilines is 2. The van der Waals surface area contributed by atoms with Crippen LogP contribution in [0.25, 0.3) is 0 Å². The van der Waals surface area contributed by atoms with E-state index >= 15 is 0 Å². The molecule has 25 heavy (non-hydrogen) atoms. The molecule has 3 rings (SSSR count). The van der Waals surface area contributed by atoms with Gasteiger partial charge in [-0.2, -0.15) is 0 Å². The molecule has 138 valence electrons. The van der Waals surface area contributed by atoms with Crippen molar-refractivity contribution in [2.45, 2.75) is 38.8 Å². The summed E-state index contributed by atoms with van der Waals surface area (Å²) in [6, 6.07) is 6.24. The van der Waals surface area contributed by atoms with Gasteiger partial charge < -0.3 is 20.2 Å². The smallest absolute Gasteiger partial charge is 0.322 e. The fourth-order valence-electron chi connectivity index (χ4n) is 3.84. The number of piperazine rings is 1. The van der Waals surface area contributed by atoms with Crippen LogP contribution in [0.5, 0.6) is 0 Å². The lowest BCUT2D eigenvalue weighted by molar-refractivity contribution is 0.0130. The molecule has 2 amide bonds. The second-order valence-electron chi connectivity index (χ2n) is 8.04. The highest BCUT2D eigenvalue weighted by Gasteiger charge is 2.30. The Morgan fingerprint density at radius 3 is 2.76 bits per heavy atom. The summed E-state index contributed by atoms with van der Waals surface area (Å²) in [5, 5.41) is 13.0. The van der Waals surface area contributed by atoms with Crippen molar-refractivity contribution < 1.29 is 9.90 Å². The van der Waals surface area contributed by atoms with Gasteiger partial charge in [0.2, 0.25) is 0 Å². The third-order valence-corrected chi connectivity index (χ3v) is 5.05. The molecule has 2 aliphatic rings. The first-order valence-electron chi connectivity index (χ1n) is 9.09. The van der Waals surface area contributed by atoms with Crippen LogP contribution in [0.1, 0.15) is 26.3 Å². The van der Waals surface area contributed by atoms with Gasteiger partial charge in [0.15, 0.2) is 0 Å². The number of hydrogen-bond donors (Lipinski definition) is 2. The molecule has 0 radical (unpaired) electrons. The average Bonchev–Trinajstić information content (AvgIpc) is 2.87. The molecule has 6 heteroatoms. The third-order valence-electron chi connectivity index (χ3n) is 5.05. The number of hydrogen-bond acceptors (Lipinski definition) is 4. The molecule has 6 nitrogen and oxygen atoms in total. The van der Waals surface area contributed by atoms with Gasteiger partial charge in [-0.25, -0.2) is 4.79 Å². The van der Waals surface area contributed by atoms with E-state index in [0.717, 1.165) is 31.7 Å². The summed E-state index contributed by atoms with van der Waals surface area (Å²) in [5.41, 5.74) is 2.69. The number of nitrogens with one attached hydrogen (secondary N) is 1. The molecule has 1 atom stereocenters. The molecule has 1 fully saturated rings. The summed E-state index contributed by atoms with van der Waals surface area (Å²) in [4.78, 5) is 19.0. The predicted octanol–water partition coefficient (Wildman–Crippen LogP) is 1.99. The molecule has 1 saturated heterocycles. The number of likely N-dealkylation sites (N-methyl/N-ethyl adjacent to an activating group) is 1. The van der Waals surface area contributed by atoms with E-state index in [1.807, 2.05) is 24.8 Å². The van der Waals surface area contributed by atoms with Crippen LogP contribution in [0.3, 0.4) is 0 Å². The van der Waals surface area contributed by atoms with E-state index in [-0.39, 0.29) is 12.1 Å². The van der Waals surface area contributed by atoms with E-state index in [1.54, 1.807) is 0 Å². The molecular weight excluding hydrogens is 316 g/mol. The fourth-order valence-corrected chi connectivity index (χ4v) is 3.84. The summed E-state index contributed by atoms with van der Waals surface area (Å²) >= 11 is 0. The fraction of sp³-hybridized carbons (Fsp3) is 0.632. The molecule has 0 bridgehead atoms. The number of rotatable bonds is 3. The lowest BCUT2D eigenvalue weighted by Gasteiger charge is -2.41. The SMILES string of the molecule is CC1CN(CC(C)(C)O)CCN1C(=O)Nc1ccc2c(c1)N(C)CC2. The minimum absolute atomic E-state index is 0.0454. The largest absolute Gasteiger partial charge is 0.389 e. The number of carbonyl (C=O) groups is 1. The van der Waals surface area contributed by atoms with Crippen molar-refractivity contribution in [2.75, 3.05) is 50.0 Å². The molecule has 0 spiro atoms. The summed E-state index contributed by atoms with van der Waals surface area (Å²) in [6.07, 6.45) is 1.07. The van der Waals surface area contributed by atoms with Crippen LogP contribution >= 0.6 is 0 Å². The van der Waals surface area contributed by atoms with E-state index < -0.39 is 5.60 Å². The van der Waals surface area contributed by atoms with Crippen molar-refractivity contribution in [1.29, 1.82) is 0 Å². The first-order chi connectivity index (χ1) is 11.7. The standard InChI is InChI=1S/C19H30N4O2/c1-14-12-22(13-19(2,3)25)9-10-23(14)18(24)20-16-6-5-15-7-8-21(4)17(15)11-16/h5-6,11,14,25H,7-10,12-13H2,1-4H3,(H,20,24). The maximum Gasteiger partial charge on any atom is 0.322 e. The molecule has 2 aliphatic heterocycles. The molecule has 0 aromatic heterocycles. The second-order valence-corrected chi connectivity index (χ2v) is 8.04. The third kappa shape index (κ3) is 4.25. The van der Waals surface area contributed by atoms with Crippen LogP contribution in [0.2, 0.25) is 0 Å². The Labute approximate surface area is 150 Å². The Balaban J connectivity index is 1.60. The second kappa shape index (κ2) is 6.84. The number of carbonyl (C=O) groups excluding carboxylic acids is 1. The normalized spacial score (nSPS) is 21.4. The number of amides is 2. The molecule has 0 aliphatic carbocycles. The van der Waals surface area contributed by atoms with Crippen LogP contribution < -0.4 is 10.2 Å². The van der Waals surface area contributed by atoms with Crippen LogP contribution in [0.4, 0.5) is 16.2 Å². The Hall–Kier alpha value is -1.79. The van der Waals surface area contributed by atoms with E-state index in [9.17, 15) is 9.90 Å². The Morgan fingerprint density at radius 1 is 1.32 bits per heavy atom. The first-order valence-corrected chi connectivity index (χ1v) is 9.09. The maximum atomic E-state index is 12.7. The van der Waals surface area contributed by atoms with Crippen molar-refractivity contribution >= 4 is 17.4 Å². The van der Waals surface area contributed by atoms with Gasteiger partial charge in [-0.3, -0.25) is 4.90 Å². The number of benzene rings is 1. The molecular formula is C19H30N4O2. The maximum absolute atomic E-state index is 12.7. The molecule has 2 heterocycles. The lowest BCUT2D eigenvalue weighted by Crippen LogP contribution is -2.57. The zero-order valence-corrected chi connectivity index (χ0v) is 15.7. The highest BCUT2D eigenvalue weighted by molar-refractivity contribution is 5.90. The number of urea groups is 1. The Kier molecular flexibility index (Phi) is 4.93. The van der Waals surface area contributed by atoms with E-state index in [4.69, 9.17) is 0 Å². The van der Waals surface area contributed by atoms with E-state index in [2.05, 4.69) is 41.2 Å². The monoisotopic (exact) mass is 346 g/mol. The summed E-state index contributed by atoms with van der Waals surface area (Å²) in [5.74, 6) is 0. The van der Waals surface area contributed by atoms with Crippen LogP contribution in [0.15, 0.2) is 18.2 Å². The zero-order valence-electron chi connectivity index (χ0n) is 15.7. The average molecular weight is 346 g/mol. The zero-order chi connectivity index (χ0) is 18.2. The molecule has 1 aromatic rings. The molecule has 2 N–H and O–H groups in total. The van der Waals surface area contributed by atoms with Gasteiger partial charge >= 0.3 is 6.03 Å².